The Morgan fingerprint density at radius 1 is 1.62 bits per heavy atom. The van der Waals surface area contributed by atoms with Crippen molar-refractivity contribution in [3.8, 4) is 5.75 Å². The highest BCUT2D eigenvalue weighted by molar-refractivity contribution is 6.30. The van der Waals surface area contributed by atoms with Gasteiger partial charge in [-0.05, 0) is 32.0 Å². The zero-order chi connectivity index (χ0) is 12.1. The van der Waals surface area contributed by atoms with Crippen LogP contribution in [-0.2, 0) is 4.79 Å². The predicted molar refractivity (Wildman–Crippen MR) is 63.3 cm³/mol. The van der Waals surface area contributed by atoms with Gasteiger partial charge >= 0.3 is 5.97 Å². The van der Waals surface area contributed by atoms with Crippen LogP contribution in [0.3, 0.4) is 0 Å². The Hall–Kier alpha value is -1.42. The van der Waals surface area contributed by atoms with E-state index in [1.54, 1.807) is 25.1 Å². The molecule has 1 aromatic rings. The number of benzene rings is 1. The minimum absolute atomic E-state index is 0.512. The molecule has 0 spiro atoms. The highest BCUT2D eigenvalue weighted by Gasteiger charge is 2.13. The van der Waals surface area contributed by atoms with Crippen LogP contribution in [0.2, 0.25) is 5.02 Å². The molecule has 0 amide bonds. The summed E-state index contributed by atoms with van der Waals surface area (Å²) in [6.45, 7) is 3.93. The number of aliphatic carboxylic acids is 1. The molecule has 1 atom stereocenters. The van der Waals surface area contributed by atoms with Gasteiger partial charge in [0.05, 0.1) is 12.3 Å². The average molecular weight is 244 g/mol. The number of carboxylic acid groups (broad SMARTS) is 1. The fourth-order valence-corrected chi connectivity index (χ4v) is 1.36. The van der Waals surface area contributed by atoms with E-state index in [1.165, 1.54) is 0 Å². The van der Waals surface area contributed by atoms with Crippen LogP contribution < -0.4 is 10.1 Å². The summed E-state index contributed by atoms with van der Waals surface area (Å²) in [7, 11) is 0. The Balaban J connectivity index is 2.91. The summed E-state index contributed by atoms with van der Waals surface area (Å²) in [5.41, 5.74) is 0.587. The van der Waals surface area contributed by atoms with Gasteiger partial charge in [0, 0.05) is 5.02 Å². The highest BCUT2D eigenvalue weighted by atomic mass is 35.5. The number of nitrogens with one attached hydrogen (secondary N) is 1. The number of carbonyl (C=O) groups is 1. The summed E-state index contributed by atoms with van der Waals surface area (Å²) < 4.78 is 5.36. The maximum Gasteiger partial charge on any atom is 0.325 e. The summed E-state index contributed by atoms with van der Waals surface area (Å²) in [4.78, 5) is 10.7. The molecule has 0 aliphatic heterocycles. The Morgan fingerprint density at radius 3 is 2.88 bits per heavy atom. The Morgan fingerprint density at radius 2 is 2.31 bits per heavy atom. The van der Waals surface area contributed by atoms with Gasteiger partial charge < -0.3 is 15.2 Å². The molecule has 1 unspecified atom stereocenters. The van der Waals surface area contributed by atoms with E-state index in [1.807, 2.05) is 6.92 Å². The van der Waals surface area contributed by atoms with Crippen LogP contribution in [0, 0.1) is 0 Å². The third kappa shape index (κ3) is 3.31. The summed E-state index contributed by atoms with van der Waals surface area (Å²) in [5, 5.41) is 12.2. The maximum atomic E-state index is 10.7. The summed E-state index contributed by atoms with van der Waals surface area (Å²) >= 11 is 5.84. The molecular formula is C11H14ClNO3. The second-order valence-corrected chi connectivity index (χ2v) is 3.71. The van der Waals surface area contributed by atoms with Crippen molar-refractivity contribution < 1.29 is 14.6 Å². The predicted octanol–water partition coefficient (Wildman–Crippen LogP) is 2.62. The number of hydrogen-bond acceptors (Lipinski definition) is 3. The van der Waals surface area contributed by atoms with Crippen molar-refractivity contribution in [1.29, 1.82) is 0 Å². The molecule has 0 fully saturated rings. The van der Waals surface area contributed by atoms with Crippen LogP contribution in [-0.4, -0.2) is 23.7 Å². The SMILES string of the molecule is CCOc1ccc(Cl)cc1NC(C)C(=O)O. The lowest BCUT2D eigenvalue weighted by Crippen LogP contribution is -2.25. The van der Waals surface area contributed by atoms with Gasteiger partial charge in [-0.2, -0.15) is 0 Å². The van der Waals surface area contributed by atoms with Crippen molar-refractivity contribution in [2.75, 3.05) is 11.9 Å². The number of hydrogen-bond donors (Lipinski definition) is 2. The number of ether oxygens (including phenoxy) is 1. The van der Waals surface area contributed by atoms with Crippen LogP contribution in [0.15, 0.2) is 18.2 Å². The Bertz CT molecular complexity index is 381. The van der Waals surface area contributed by atoms with Gasteiger partial charge in [0.2, 0.25) is 0 Å². The molecule has 5 heteroatoms. The standard InChI is InChI=1S/C11H14ClNO3/c1-3-16-10-5-4-8(12)6-9(10)13-7(2)11(14)15/h4-7,13H,3H2,1-2H3,(H,14,15). The van der Waals surface area contributed by atoms with Crippen molar-refractivity contribution >= 4 is 23.3 Å². The van der Waals surface area contributed by atoms with Gasteiger partial charge in [0.15, 0.2) is 0 Å². The second-order valence-electron chi connectivity index (χ2n) is 3.28. The van der Waals surface area contributed by atoms with E-state index in [4.69, 9.17) is 21.4 Å². The van der Waals surface area contributed by atoms with E-state index in [0.717, 1.165) is 0 Å². The van der Waals surface area contributed by atoms with E-state index in [-0.39, 0.29) is 0 Å². The van der Waals surface area contributed by atoms with Gasteiger partial charge in [-0.3, -0.25) is 4.79 Å². The number of rotatable bonds is 5. The van der Waals surface area contributed by atoms with E-state index in [9.17, 15) is 4.79 Å². The molecule has 16 heavy (non-hydrogen) atoms. The largest absolute Gasteiger partial charge is 0.492 e. The number of anilines is 1. The zero-order valence-corrected chi connectivity index (χ0v) is 9.91. The van der Waals surface area contributed by atoms with E-state index in [2.05, 4.69) is 5.32 Å². The summed E-state index contributed by atoms with van der Waals surface area (Å²) in [6.07, 6.45) is 0. The molecule has 0 aliphatic rings. The minimum Gasteiger partial charge on any atom is -0.492 e. The van der Waals surface area contributed by atoms with Gasteiger partial charge in [-0.1, -0.05) is 11.6 Å². The maximum absolute atomic E-state index is 10.7. The van der Waals surface area contributed by atoms with Crippen molar-refractivity contribution in [1.82, 2.24) is 0 Å². The first-order chi connectivity index (χ1) is 7.54. The van der Waals surface area contributed by atoms with Crippen LogP contribution in [0.25, 0.3) is 0 Å². The second kappa shape index (κ2) is 5.61. The smallest absolute Gasteiger partial charge is 0.325 e. The number of carboxylic acids is 1. The van der Waals surface area contributed by atoms with Gasteiger partial charge in [0.25, 0.3) is 0 Å². The van der Waals surface area contributed by atoms with E-state index < -0.39 is 12.0 Å². The number of halogens is 1. The van der Waals surface area contributed by atoms with Crippen molar-refractivity contribution in [2.45, 2.75) is 19.9 Å². The lowest BCUT2D eigenvalue weighted by atomic mass is 10.2. The monoisotopic (exact) mass is 243 g/mol. The molecule has 2 N–H and O–H groups in total. The molecular weight excluding hydrogens is 230 g/mol. The van der Waals surface area contributed by atoms with E-state index in [0.29, 0.717) is 23.1 Å². The first-order valence-corrected chi connectivity index (χ1v) is 5.34. The molecule has 4 nitrogen and oxygen atoms in total. The highest BCUT2D eigenvalue weighted by Crippen LogP contribution is 2.28. The van der Waals surface area contributed by atoms with Crippen LogP contribution >= 0.6 is 11.6 Å². The topological polar surface area (TPSA) is 58.6 Å². The van der Waals surface area contributed by atoms with E-state index >= 15 is 0 Å². The molecule has 0 radical (unpaired) electrons. The Kier molecular flexibility index (Phi) is 4.43. The average Bonchev–Trinajstić information content (AvgIpc) is 2.22. The van der Waals surface area contributed by atoms with Gasteiger partial charge in [0.1, 0.15) is 11.8 Å². The molecule has 1 aromatic carbocycles. The van der Waals surface area contributed by atoms with Crippen LogP contribution in [0.4, 0.5) is 5.69 Å². The lowest BCUT2D eigenvalue weighted by molar-refractivity contribution is -0.137. The van der Waals surface area contributed by atoms with Crippen LogP contribution in [0.5, 0.6) is 5.75 Å². The summed E-state index contributed by atoms with van der Waals surface area (Å²) in [5.74, 6) is -0.331. The fourth-order valence-electron chi connectivity index (χ4n) is 1.19. The lowest BCUT2D eigenvalue weighted by Gasteiger charge is -2.15. The third-order valence-electron chi connectivity index (χ3n) is 1.98. The first kappa shape index (κ1) is 12.6. The van der Waals surface area contributed by atoms with Gasteiger partial charge in [-0.15, -0.1) is 0 Å². The first-order valence-electron chi connectivity index (χ1n) is 4.96. The quantitative estimate of drug-likeness (QED) is 0.835. The molecule has 0 bridgehead atoms. The molecule has 0 aliphatic carbocycles. The van der Waals surface area contributed by atoms with Crippen molar-refractivity contribution in [3.05, 3.63) is 23.2 Å². The Labute approximate surface area is 99.2 Å². The molecule has 88 valence electrons. The molecule has 0 saturated carbocycles. The minimum atomic E-state index is -0.928. The van der Waals surface area contributed by atoms with Crippen molar-refractivity contribution in [3.63, 3.8) is 0 Å². The van der Waals surface area contributed by atoms with Crippen molar-refractivity contribution in [2.24, 2.45) is 0 Å². The molecule has 1 rings (SSSR count). The van der Waals surface area contributed by atoms with Gasteiger partial charge in [-0.25, -0.2) is 0 Å². The normalized spacial score (nSPS) is 11.9. The third-order valence-corrected chi connectivity index (χ3v) is 2.22. The summed E-state index contributed by atoms with van der Waals surface area (Å²) in [6, 6.07) is 4.36. The van der Waals surface area contributed by atoms with Crippen LogP contribution in [0.1, 0.15) is 13.8 Å². The fraction of sp³-hybridized carbons (Fsp3) is 0.364. The molecule has 0 aromatic heterocycles. The molecule has 0 heterocycles. The zero-order valence-electron chi connectivity index (χ0n) is 9.16. The molecule has 0 saturated heterocycles.